The molecule has 8 nitrogen and oxygen atoms in total. The van der Waals surface area contributed by atoms with E-state index >= 15 is 0 Å². The van der Waals surface area contributed by atoms with Gasteiger partial charge < -0.3 is 19.5 Å². The Morgan fingerprint density at radius 1 is 0.946 bits per heavy atom. The Labute approximate surface area is 209 Å². The Morgan fingerprint density at radius 2 is 1.59 bits per heavy atom. The van der Waals surface area contributed by atoms with Crippen molar-refractivity contribution in [3.05, 3.63) is 84.7 Å². The molecule has 5 rings (SSSR count). The van der Waals surface area contributed by atoms with Crippen molar-refractivity contribution >= 4 is 6.09 Å². The lowest BCUT2D eigenvalue weighted by atomic mass is 10.1. The molecule has 2 atom stereocenters. The lowest BCUT2D eigenvalue weighted by Gasteiger charge is -2.09. The Balaban J connectivity index is 1.16. The normalized spacial score (nSPS) is 16.6. The molecule has 1 aliphatic rings. The minimum Gasteiger partial charge on any atom is -0.497 e. The molecule has 1 fully saturated rings. The molecule has 0 saturated heterocycles. The van der Waals surface area contributed by atoms with E-state index in [-0.39, 0.29) is 17.7 Å². The third kappa shape index (κ3) is 6.00. The number of methoxy groups -OCH3 is 1. The quantitative estimate of drug-likeness (QED) is 0.354. The van der Waals surface area contributed by atoms with Gasteiger partial charge in [-0.1, -0.05) is 24.3 Å². The molecule has 1 saturated carbocycles. The van der Waals surface area contributed by atoms with Crippen LogP contribution in [-0.4, -0.2) is 40.4 Å². The average Bonchev–Trinajstić information content (AvgIpc) is 3.45. The van der Waals surface area contributed by atoms with Gasteiger partial charge in [0.1, 0.15) is 23.6 Å². The maximum atomic E-state index is 12.3. The van der Waals surface area contributed by atoms with Crippen LogP contribution >= 0.6 is 0 Å². The highest BCUT2D eigenvalue weighted by Gasteiger charge is 2.40. The summed E-state index contributed by atoms with van der Waals surface area (Å²) in [6, 6.07) is 19.8. The van der Waals surface area contributed by atoms with E-state index in [2.05, 4.69) is 20.1 Å². The molecular formula is C26H21F3N4O4. The minimum atomic E-state index is -4.74. The van der Waals surface area contributed by atoms with Crippen LogP contribution in [0.4, 0.5) is 18.0 Å². The Bertz CT molecular complexity index is 1370. The highest BCUT2D eigenvalue weighted by molar-refractivity contribution is 5.71. The fraction of sp³-hybridized carbons (Fsp3) is 0.192. The van der Waals surface area contributed by atoms with Gasteiger partial charge in [-0.2, -0.15) is 0 Å². The van der Waals surface area contributed by atoms with Crippen molar-refractivity contribution in [2.24, 2.45) is 0 Å². The van der Waals surface area contributed by atoms with Gasteiger partial charge in [0.05, 0.1) is 12.8 Å². The van der Waals surface area contributed by atoms with E-state index in [9.17, 15) is 18.0 Å². The SMILES string of the molecule is COc1ccc(OC(=O)NC2CC2c2ccc(-c3ncn(-c4ccc(OC(F)(F)F)cc4)n3)cc2)cc1. The van der Waals surface area contributed by atoms with Gasteiger partial charge in [0.25, 0.3) is 0 Å². The number of ether oxygens (including phenoxy) is 3. The van der Waals surface area contributed by atoms with Gasteiger partial charge in [-0.05, 0) is 60.5 Å². The molecule has 1 N–H and O–H groups in total. The summed E-state index contributed by atoms with van der Waals surface area (Å²) in [6.07, 6.45) is -2.97. The first kappa shape index (κ1) is 24.2. The molecule has 0 spiro atoms. The van der Waals surface area contributed by atoms with Crippen LogP contribution in [0.2, 0.25) is 0 Å². The highest BCUT2D eigenvalue weighted by atomic mass is 19.4. The summed E-state index contributed by atoms with van der Waals surface area (Å²) >= 11 is 0. The molecule has 1 aromatic heterocycles. The summed E-state index contributed by atoms with van der Waals surface area (Å²) in [5, 5.41) is 7.28. The van der Waals surface area contributed by atoms with Crippen molar-refractivity contribution in [2.75, 3.05) is 7.11 Å². The lowest BCUT2D eigenvalue weighted by Crippen LogP contribution is -2.29. The van der Waals surface area contributed by atoms with Crippen molar-refractivity contribution in [3.63, 3.8) is 0 Å². The van der Waals surface area contributed by atoms with Gasteiger partial charge in [-0.25, -0.2) is 14.5 Å². The first-order valence-corrected chi connectivity index (χ1v) is 11.3. The molecule has 0 bridgehead atoms. The van der Waals surface area contributed by atoms with Gasteiger partial charge in [-0.3, -0.25) is 0 Å². The van der Waals surface area contributed by atoms with E-state index in [0.29, 0.717) is 23.0 Å². The summed E-state index contributed by atoms with van der Waals surface area (Å²) in [7, 11) is 1.56. The summed E-state index contributed by atoms with van der Waals surface area (Å²) in [5.41, 5.74) is 2.39. The molecule has 190 valence electrons. The summed E-state index contributed by atoms with van der Waals surface area (Å²) in [6.45, 7) is 0. The maximum absolute atomic E-state index is 12.3. The van der Waals surface area contributed by atoms with Crippen LogP contribution in [-0.2, 0) is 0 Å². The summed E-state index contributed by atoms with van der Waals surface area (Å²) in [4.78, 5) is 16.5. The van der Waals surface area contributed by atoms with E-state index < -0.39 is 12.5 Å². The number of hydrogen-bond donors (Lipinski definition) is 1. The van der Waals surface area contributed by atoms with Gasteiger partial charge in [0.15, 0.2) is 5.82 Å². The predicted molar refractivity (Wildman–Crippen MR) is 127 cm³/mol. The molecule has 0 aliphatic heterocycles. The van der Waals surface area contributed by atoms with Gasteiger partial charge in [0.2, 0.25) is 0 Å². The van der Waals surface area contributed by atoms with Crippen molar-refractivity contribution < 1.29 is 32.2 Å². The number of hydrogen-bond acceptors (Lipinski definition) is 6. The monoisotopic (exact) mass is 510 g/mol. The van der Waals surface area contributed by atoms with E-state index in [1.165, 1.54) is 35.3 Å². The van der Waals surface area contributed by atoms with Crippen LogP contribution in [0.1, 0.15) is 17.9 Å². The van der Waals surface area contributed by atoms with Crippen molar-refractivity contribution in [1.82, 2.24) is 20.1 Å². The molecule has 2 unspecified atom stereocenters. The van der Waals surface area contributed by atoms with E-state index in [1.54, 1.807) is 31.4 Å². The Morgan fingerprint density at radius 3 is 2.24 bits per heavy atom. The molecule has 4 aromatic rings. The highest BCUT2D eigenvalue weighted by Crippen LogP contribution is 2.41. The number of amides is 1. The maximum Gasteiger partial charge on any atom is 0.573 e. The van der Waals surface area contributed by atoms with Crippen LogP contribution in [0.15, 0.2) is 79.1 Å². The predicted octanol–water partition coefficient (Wildman–Crippen LogP) is 5.49. The molecular weight excluding hydrogens is 489 g/mol. The van der Waals surface area contributed by atoms with E-state index in [4.69, 9.17) is 9.47 Å². The minimum absolute atomic E-state index is 0.0155. The van der Waals surface area contributed by atoms with Gasteiger partial charge in [-0.15, -0.1) is 18.3 Å². The van der Waals surface area contributed by atoms with Crippen LogP contribution in [0.5, 0.6) is 17.2 Å². The van der Waals surface area contributed by atoms with E-state index in [1.807, 2.05) is 24.3 Å². The molecule has 0 radical (unpaired) electrons. The van der Waals surface area contributed by atoms with Gasteiger partial charge >= 0.3 is 12.5 Å². The molecule has 11 heteroatoms. The number of nitrogens with one attached hydrogen (secondary N) is 1. The molecule has 37 heavy (non-hydrogen) atoms. The first-order chi connectivity index (χ1) is 17.8. The number of aromatic nitrogens is 3. The van der Waals surface area contributed by atoms with Crippen LogP contribution < -0.4 is 19.5 Å². The second kappa shape index (κ2) is 9.84. The Hall–Kier alpha value is -4.54. The van der Waals surface area contributed by atoms with E-state index in [0.717, 1.165) is 17.5 Å². The topological polar surface area (TPSA) is 87.5 Å². The molecule has 3 aromatic carbocycles. The third-order valence-electron chi connectivity index (χ3n) is 5.79. The van der Waals surface area contributed by atoms with Crippen LogP contribution in [0.25, 0.3) is 17.1 Å². The largest absolute Gasteiger partial charge is 0.573 e. The standard InChI is InChI=1S/C26H21F3N4O4/c1-35-19-10-12-20(13-11-19)36-25(34)31-23-14-22(23)16-2-4-17(5-3-16)24-30-15-33(32-24)18-6-8-21(9-7-18)37-26(27,28)29/h2-13,15,22-23H,14H2,1H3,(H,31,34). The Kier molecular flexibility index (Phi) is 6.43. The van der Waals surface area contributed by atoms with Crippen molar-refractivity contribution in [1.29, 1.82) is 0 Å². The van der Waals surface area contributed by atoms with Crippen molar-refractivity contribution in [3.8, 4) is 34.3 Å². The number of nitrogens with zero attached hydrogens (tertiary/aromatic N) is 3. The average molecular weight is 510 g/mol. The summed E-state index contributed by atoms with van der Waals surface area (Å²) in [5.74, 6) is 1.44. The molecule has 1 amide bonds. The number of alkyl halides is 3. The second-order valence-corrected chi connectivity index (χ2v) is 8.33. The fourth-order valence-corrected chi connectivity index (χ4v) is 3.85. The lowest BCUT2D eigenvalue weighted by molar-refractivity contribution is -0.274. The number of carbonyl (C=O) groups is 1. The van der Waals surface area contributed by atoms with Crippen LogP contribution in [0, 0.1) is 0 Å². The van der Waals surface area contributed by atoms with Crippen molar-refractivity contribution in [2.45, 2.75) is 24.7 Å². The second-order valence-electron chi connectivity index (χ2n) is 8.33. The fourth-order valence-electron chi connectivity index (χ4n) is 3.85. The molecule has 1 heterocycles. The molecule has 1 aliphatic carbocycles. The first-order valence-electron chi connectivity index (χ1n) is 11.3. The zero-order valence-electron chi connectivity index (χ0n) is 19.5. The number of benzene rings is 3. The number of carbonyl (C=O) groups excluding carboxylic acids is 1. The zero-order chi connectivity index (χ0) is 26.0. The van der Waals surface area contributed by atoms with Crippen LogP contribution in [0.3, 0.4) is 0 Å². The smallest absolute Gasteiger partial charge is 0.497 e. The van der Waals surface area contributed by atoms with Gasteiger partial charge in [0, 0.05) is 17.5 Å². The number of rotatable bonds is 7. The third-order valence-corrected chi connectivity index (χ3v) is 5.79. The zero-order valence-corrected chi connectivity index (χ0v) is 19.5. The number of halogens is 3. The summed E-state index contributed by atoms with van der Waals surface area (Å²) < 4.78 is 52.8.